The Morgan fingerprint density at radius 1 is 1.39 bits per heavy atom. The van der Waals surface area contributed by atoms with Gasteiger partial charge in [-0.2, -0.15) is 0 Å². The van der Waals surface area contributed by atoms with Crippen LogP contribution in [0.4, 0.5) is 13.2 Å². The van der Waals surface area contributed by atoms with Crippen LogP contribution in [0.3, 0.4) is 0 Å². The molecule has 0 N–H and O–H groups in total. The van der Waals surface area contributed by atoms with Crippen LogP contribution >= 0.6 is 11.6 Å². The zero-order valence-corrected chi connectivity index (χ0v) is 10.4. The molecule has 0 spiro atoms. The van der Waals surface area contributed by atoms with E-state index in [4.69, 9.17) is 11.6 Å². The molecule has 18 heavy (non-hydrogen) atoms. The van der Waals surface area contributed by atoms with Crippen molar-refractivity contribution < 1.29 is 22.7 Å². The molecule has 0 unspecified atom stereocenters. The molecule has 100 valence electrons. The van der Waals surface area contributed by atoms with Crippen LogP contribution < -0.4 is 4.74 Å². The van der Waals surface area contributed by atoms with Crippen molar-refractivity contribution in [2.45, 2.75) is 26.1 Å². The van der Waals surface area contributed by atoms with Crippen molar-refractivity contribution in [2.75, 3.05) is 5.88 Å². The summed E-state index contributed by atoms with van der Waals surface area (Å²) in [6.45, 7) is 1.70. The monoisotopic (exact) mass is 280 g/mol. The first-order valence-corrected chi connectivity index (χ1v) is 5.85. The maximum absolute atomic E-state index is 12.2. The number of carbonyl (C=O) groups is 1. The van der Waals surface area contributed by atoms with Gasteiger partial charge in [-0.3, -0.25) is 4.79 Å². The molecule has 0 aliphatic heterocycles. The van der Waals surface area contributed by atoms with Crippen LogP contribution in [0.2, 0.25) is 0 Å². The number of ketones is 1. The Bertz CT molecular complexity index is 430. The van der Waals surface area contributed by atoms with Crippen molar-refractivity contribution in [2.24, 2.45) is 0 Å². The van der Waals surface area contributed by atoms with E-state index >= 15 is 0 Å². The molecule has 0 heterocycles. The molecular weight excluding hydrogens is 269 g/mol. The largest absolute Gasteiger partial charge is 0.573 e. The number of ether oxygens (including phenoxy) is 1. The number of alkyl halides is 4. The highest BCUT2D eigenvalue weighted by Crippen LogP contribution is 2.29. The van der Waals surface area contributed by atoms with E-state index in [1.807, 2.05) is 0 Å². The Labute approximate surface area is 108 Å². The molecule has 0 saturated carbocycles. The average Bonchev–Trinajstić information content (AvgIpc) is 2.27. The van der Waals surface area contributed by atoms with E-state index < -0.39 is 6.36 Å². The summed E-state index contributed by atoms with van der Waals surface area (Å²) in [6, 6.07) is 4.27. The second kappa shape index (κ2) is 6.09. The van der Waals surface area contributed by atoms with Gasteiger partial charge in [-0.1, -0.05) is 19.1 Å². The summed E-state index contributed by atoms with van der Waals surface area (Å²) in [7, 11) is 0. The molecule has 0 bridgehead atoms. The van der Waals surface area contributed by atoms with Crippen LogP contribution in [-0.4, -0.2) is 18.0 Å². The van der Waals surface area contributed by atoms with Crippen LogP contribution in [0, 0.1) is 0 Å². The molecule has 0 aromatic heterocycles. The topological polar surface area (TPSA) is 26.3 Å². The molecule has 0 amide bonds. The number of hydrogen-bond acceptors (Lipinski definition) is 2. The molecule has 0 aliphatic carbocycles. The van der Waals surface area contributed by atoms with Gasteiger partial charge in [0.1, 0.15) is 5.75 Å². The standard InChI is InChI=1S/C12H12ClF3O2/c1-2-10-8(6-9(17)7-13)4-3-5-11(10)18-12(14,15)16/h3-5H,2,6-7H2,1H3. The highest BCUT2D eigenvalue weighted by Gasteiger charge is 2.32. The number of Topliss-reactive ketones (excluding diaryl/α,β-unsaturated/α-hetero) is 1. The Balaban J connectivity index is 3.06. The summed E-state index contributed by atoms with van der Waals surface area (Å²) in [5.41, 5.74) is 0.901. The fourth-order valence-electron chi connectivity index (χ4n) is 1.66. The molecule has 2 nitrogen and oxygen atoms in total. The number of halogens is 4. The number of benzene rings is 1. The Morgan fingerprint density at radius 2 is 2.06 bits per heavy atom. The zero-order valence-electron chi connectivity index (χ0n) is 9.68. The number of hydrogen-bond donors (Lipinski definition) is 0. The summed E-state index contributed by atoms with van der Waals surface area (Å²) >= 11 is 5.38. The van der Waals surface area contributed by atoms with Crippen molar-refractivity contribution in [1.29, 1.82) is 0 Å². The summed E-state index contributed by atoms with van der Waals surface area (Å²) < 4.78 is 40.6. The van der Waals surface area contributed by atoms with Gasteiger partial charge in [0.05, 0.1) is 5.88 Å². The van der Waals surface area contributed by atoms with Crippen molar-refractivity contribution in [3.63, 3.8) is 0 Å². The molecule has 1 aromatic carbocycles. The Kier molecular flexibility index (Phi) is 5.02. The van der Waals surface area contributed by atoms with Crippen LogP contribution in [-0.2, 0) is 17.6 Å². The smallest absolute Gasteiger partial charge is 0.405 e. The second-order valence-corrected chi connectivity index (χ2v) is 3.91. The van der Waals surface area contributed by atoms with E-state index in [0.29, 0.717) is 17.5 Å². The van der Waals surface area contributed by atoms with E-state index in [0.717, 1.165) is 0 Å². The fraction of sp³-hybridized carbons (Fsp3) is 0.417. The summed E-state index contributed by atoms with van der Waals surface area (Å²) in [5.74, 6) is -0.659. The predicted octanol–water partition coefficient (Wildman–Crippen LogP) is 3.50. The van der Waals surface area contributed by atoms with Crippen molar-refractivity contribution >= 4 is 17.4 Å². The predicted molar refractivity (Wildman–Crippen MR) is 61.9 cm³/mol. The van der Waals surface area contributed by atoms with E-state index in [1.54, 1.807) is 13.0 Å². The van der Waals surface area contributed by atoms with E-state index in [1.165, 1.54) is 12.1 Å². The van der Waals surface area contributed by atoms with E-state index in [9.17, 15) is 18.0 Å². The quantitative estimate of drug-likeness (QED) is 0.772. The maximum atomic E-state index is 12.2. The second-order valence-electron chi connectivity index (χ2n) is 3.64. The molecule has 0 radical (unpaired) electrons. The molecule has 1 aromatic rings. The summed E-state index contributed by atoms with van der Waals surface area (Å²) in [4.78, 5) is 11.3. The highest BCUT2D eigenvalue weighted by molar-refractivity contribution is 6.27. The zero-order chi connectivity index (χ0) is 13.8. The SMILES string of the molecule is CCc1c(CC(=O)CCl)cccc1OC(F)(F)F. The first-order chi connectivity index (χ1) is 8.37. The molecule has 0 fully saturated rings. The summed E-state index contributed by atoms with van der Waals surface area (Å²) in [5, 5.41) is 0. The van der Waals surface area contributed by atoms with Gasteiger partial charge in [0.25, 0.3) is 0 Å². The van der Waals surface area contributed by atoms with Gasteiger partial charge >= 0.3 is 6.36 Å². The van der Waals surface area contributed by atoms with Crippen molar-refractivity contribution in [3.05, 3.63) is 29.3 Å². The van der Waals surface area contributed by atoms with Gasteiger partial charge < -0.3 is 4.74 Å². The van der Waals surface area contributed by atoms with Gasteiger partial charge in [0.2, 0.25) is 0 Å². The molecule has 1 rings (SSSR count). The van der Waals surface area contributed by atoms with Gasteiger partial charge in [-0.15, -0.1) is 24.8 Å². The minimum atomic E-state index is -4.74. The molecule has 0 saturated heterocycles. The van der Waals surface area contributed by atoms with Crippen LogP contribution in [0.25, 0.3) is 0 Å². The number of carbonyl (C=O) groups excluding carboxylic acids is 1. The first-order valence-electron chi connectivity index (χ1n) is 5.31. The lowest BCUT2D eigenvalue weighted by Gasteiger charge is -2.15. The van der Waals surface area contributed by atoms with Crippen molar-refractivity contribution in [3.8, 4) is 5.75 Å². The Morgan fingerprint density at radius 3 is 2.56 bits per heavy atom. The maximum Gasteiger partial charge on any atom is 0.573 e. The van der Waals surface area contributed by atoms with Gasteiger partial charge in [-0.25, -0.2) is 0 Å². The van der Waals surface area contributed by atoms with Crippen molar-refractivity contribution in [1.82, 2.24) is 0 Å². The van der Waals surface area contributed by atoms with Gasteiger partial charge in [0, 0.05) is 6.42 Å². The third-order valence-electron chi connectivity index (χ3n) is 2.35. The molecule has 0 aliphatic rings. The van der Waals surface area contributed by atoms with E-state index in [2.05, 4.69) is 4.74 Å². The minimum Gasteiger partial charge on any atom is -0.405 e. The van der Waals surface area contributed by atoms with Gasteiger partial charge in [0.15, 0.2) is 5.78 Å². The van der Waals surface area contributed by atoms with Crippen LogP contribution in [0.1, 0.15) is 18.1 Å². The average molecular weight is 281 g/mol. The third kappa shape index (κ3) is 4.22. The van der Waals surface area contributed by atoms with Gasteiger partial charge in [-0.05, 0) is 23.6 Å². The molecule has 6 heteroatoms. The summed E-state index contributed by atoms with van der Waals surface area (Å²) in [6.07, 6.45) is -4.38. The Hall–Kier alpha value is -1.23. The molecular formula is C12H12ClF3O2. The minimum absolute atomic E-state index is 0.0156. The third-order valence-corrected chi connectivity index (χ3v) is 2.64. The lowest BCUT2D eigenvalue weighted by Crippen LogP contribution is -2.19. The molecule has 0 atom stereocenters. The fourth-order valence-corrected chi connectivity index (χ4v) is 1.75. The lowest BCUT2D eigenvalue weighted by atomic mass is 10.00. The lowest BCUT2D eigenvalue weighted by molar-refractivity contribution is -0.274. The van der Waals surface area contributed by atoms with E-state index in [-0.39, 0.29) is 23.8 Å². The normalized spacial score (nSPS) is 11.4. The highest BCUT2D eigenvalue weighted by atomic mass is 35.5. The van der Waals surface area contributed by atoms with Crippen LogP contribution in [0.5, 0.6) is 5.75 Å². The number of rotatable bonds is 5. The first kappa shape index (κ1) is 14.8. The van der Waals surface area contributed by atoms with Crippen LogP contribution in [0.15, 0.2) is 18.2 Å².